The first-order valence-electron chi connectivity index (χ1n) is 7.63. The van der Waals surface area contributed by atoms with Crippen molar-refractivity contribution in [3.63, 3.8) is 0 Å². The van der Waals surface area contributed by atoms with Crippen LogP contribution in [0.5, 0.6) is 5.75 Å². The number of carbonyl (C=O) groups is 2. The fraction of sp³-hybridized carbons (Fsp3) is 0.158. The number of rotatable bonds is 5. The first-order valence-corrected chi connectivity index (χ1v) is 7.63. The molecule has 0 aliphatic carbocycles. The molecule has 0 aromatic heterocycles. The van der Waals surface area contributed by atoms with Crippen LogP contribution in [0.2, 0.25) is 0 Å². The average Bonchev–Trinajstić information content (AvgIpc) is 2.55. The second-order valence-corrected chi connectivity index (χ2v) is 5.59. The lowest BCUT2D eigenvalue weighted by Gasteiger charge is -2.12. The van der Waals surface area contributed by atoms with Gasteiger partial charge in [0, 0.05) is 17.7 Å². The van der Waals surface area contributed by atoms with Crippen LogP contribution in [0.15, 0.2) is 60.7 Å². The van der Waals surface area contributed by atoms with Crippen molar-refractivity contribution in [2.45, 2.75) is 19.9 Å². The second kappa shape index (κ2) is 7.97. The van der Waals surface area contributed by atoms with E-state index in [0.717, 1.165) is 0 Å². The molecule has 0 saturated heterocycles. The van der Waals surface area contributed by atoms with E-state index in [0.29, 0.717) is 16.8 Å². The van der Waals surface area contributed by atoms with Gasteiger partial charge in [-0.15, -0.1) is 0 Å². The Hall–Kier alpha value is -3.08. The van der Waals surface area contributed by atoms with Gasteiger partial charge in [0.05, 0.1) is 5.70 Å². The number of carbonyl (C=O) groups excluding carboxylic acids is 2. The maximum Gasteiger partial charge on any atom is 0.255 e. The van der Waals surface area contributed by atoms with Gasteiger partial charge in [-0.05, 0) is 55.8 Å². The number of nitrogens with one attached hydrogen (secondary N) is 2. The van der Waals surface area contributed by atoms with E-state index in [2.05, 4.69) is 10.6 Å². The zero-order chi connectivity index (χ0) is 17.5. The third-order valence-electron chi connectivity index (χ3n) is 3.17. The van der Waals surface area contributed by atoms with Crippen molar-refractivity contribution in [1.29, 1.82) is 0 Å². The van der Waals surface area contributed by atoms with E-state index >= 15 is 0 Å². The van der Waals surface area contributed by atoms with Crippen LogP contribution in [0.4, 0.5) is 0 Å². The van der Waals surface area contributed by atoms with Crippen molar-refractivity contribution in [3.05, 3.63) is 71.8 Å². The summed E-state index contributed by atoms with van der Waals surface area (Å²) in [5.41, 5.74) is 1.48. The fourth-order valence-corrected chi connectivity index (χ4v) is 2.07. The topological polar surface area (TPSA) is 78.4 Å². The molecule has 0 bridgehead atoms. The summed E-state index contributed by atoms with van der Waals surface area (Å²) in [6.07, 6.45) is 1.34. The maximum atomic E-state index is 12.4. The van der Waals surface area contributed by atoms with Crippen LogP contribution in [0.1, 0.15) is 29.8 Å². The molecule has 0 heterocycles. The van der Waals surface area contributed by atoms with Gasteiger partial charge in [-0.3, -0.25) is 9.59 Å². The summed E-state index contributed by atoms with van der Waals surface area (Å²) >= 11 is 0. The molecular weight excluding hydrogens is 304 g/mol. The molecule has 0 aliphatic heterocycles. The van der Waals surface area contributed by atoms with E-state index in [1.807, 2.05) is 19.9 Å². The van der Waals surface area contributed by atoms with Gasteiger partial charge in [0.25, 0.3) is 5.91 Å². The third kappa shape index (κ3) is 4.98. The number of aromatic hydroxyl groups is 1. The Balaban J connectivity index is 2.28. The quantitative estimate of drug-likeness (QED) is 0.740. The van der Waals surface area contributed by atoms with Crippen LogP contribution >= 0.6 is 0 Å². The normalized spacial score (nSPS) is 11.2. The molecule has 0 aliphatic rings. The molecule has 0 atom stereocenters. The monoisotopic (exact) mass is 324 g/mol. The van der Waals surface area contributed by atoms with E-state index in [9.17, 15) is 14.7 Å². The summed E-state index contributed by atoms with van der Waals surface area (Å²) in [5, 5.41) is 14.9. The Morgan fingerprint density at radius 3 is 2.17 bits per heavy atom. The van der Waals surface area contributed by atoms with Crippen LogP contribution in [0.3, 0.4) is 0 Å². The zero-order valence-corrected chi connectivity index (χ0v) is 13.6. The highest BCUT2D eigenvalue weighted by molar-refractivity contribution is 6.03. The Morgan fingerprint density at radius 2 is 1.58 bits per heavy atom. The van der Waals surface area contributed by atoms with Crippen molar-refractivity contribution < 1.29 is 14.7 Å². The van der Waals surface area contributed by atoms with Crippen molar-refractivity contribution >= 4 is 17.5 Å². The van der Waals surface area contributed by atoms with E-state index in [1.54, 1.807) is 36.4 Å². The lowest BCUT2D eigenvalue weighted by Crippen LogP contribution is -2.30. The Morgan fingerprint density at radius 1 is 0.958 bits per heavy atom. The van der Waals surface area contributed by atoms with E-state index < -0.39 is 0 Å². The van der Waals surface area contributed by atoms with Gasteiger partial charge in [0.15, 0.2) is 0 Å². The smallest absolute Gasteiger partial charge is 0.255 e. The Bertz CT molecular complexity index is 735. The lowest BCUT2D eigenvalue weighted by atomic mass is 10.1. The van der Waals surface area contributed by atoms with Crippen LogP contribution in [-0.2, 0) is 4.79 Å². The molecule has 2 amide bonds. The molecule has 5 nitrogen and oxygen atoms in total. The van der Waals surface area contributed by atoms with Crippen LogP contribution in [0.25, 0.3) is 5.70 Å². The molecule has 124 valence electrons. The Kier molecular flexibility index (Phi) is 5.73. The molecular formula is C19H20N2O3. The molecule has 5 heteroatoms. The van der Waals surface area contributed by atoms with Gasteiger partial charge in [-0.25, -0.2) is 0 Å². The molecule has 3 N–H and O–H groups in total. The average molecular weight is 324 g/mol. The van der Waals surface area contributed by atoms with Gasteiger partial charge in [0.2, 0.25) is 5.91 Å². The highest BCUT2D eigenvalue weighted by Crippen LogP contribution is 2.16. The van der Waals surface area contributed by atoms with Crippen molar-refractivity contribution in [2.24, 2.45) is 0 Å². The number of phenolic OH excluding ortho intramolecular Hbond substituents is 1. The number of hydrogen-bond donors (Lipinski definition) is 3. The van der Waals surface area contributed by atoms with Crippen LogP contribution in [0, 0.1) is 0 Å². The summed E-state index contributed by atoms with van der Waals surface area (Å²) in [6, 6.07) is 15.0. The molecule has 0 fully saturated rings. The first-order chi connectivity index (χ1) is 11.5. The van der Waals surface area contributed by atoms with Gasteiger partial charge in [-0.1, -0.05) is 18.2 Å². The van der Waals surface area contributed by atoms with Gasteiger partial charge in [-0.2, -0.15) is 0 Å². The summed E-state index contributed by atoms with van der Waals surface area (Å²) in [6.45, 7) is 3.71. The Labute approximate surface area is 141 Å². The second-order valence-electron chi connectivity index (χ2n) is 5.59. The molecule has 0 saturated carbocycles. The van der Waals surface area contributed by atoms with Crippen molar-refractivity contribution in [2.75, 3.05) is 0 Å². The molecule has 2 aromatic carbocycles. The van der Waals surface area contributed by atoms with Gasteiger partial charge < -0.3 is 15.7 Å². The van der Waals surface area contributed by atoms with Gasteiger partial charge in [0.1, 0.15) is 5.75 Å². The molecule has 0 radical (unpaired) electrons. The molecule has 24 heavy (non-hydrogen) atoms. The zero-order valence-electron chi connectivity index (χ0n) is 13.6. The van der Waals surface area contributed by atoms with Crippen molar-refractivity contribution in [3.8, 4) is 5.75 Å². The summed E-state index contributed by atoms with van der Waals surface area (Å²) in [4.78, 5) is 24.4. The molecule has 0 spiro atoms. The maximum absolute atomic E-state index is 12.4. The standard InChI is InChI=1S/C19H20N2O3/c1-13(2)20-18(23)12-17(14-8-10-16(22)11-9-14)21-19(24)15-6-4-3-5-7-15/h3-13,22H,1-2H3,(H,20,23)(H,21,24). The van der Waals surface area contributed by atoms with Crippen LogP contribution in [-0.4, -0.2) is 23.0 Å². The molecule has 2 aromatic rings. The SMILES string of the molecule is CC(C)NC(=O)C=C(NC(=O)c1ccccc1)c1ccc(O)cc1. The summed E-state index contributed by atoms with van der Waals surface area (Å²) in [7, 11) is 0. The summed E-state index contributed by atoms with van der Waals surface area (Å²) < 4.78 is 0. The summed E-state index contributed by atoms with van der Waals surface area (Å²) in [5.74, 6) is -0.507. The minimum Gasteiger partial charge on any atom is -0.508 e. The predicted molar refractivity (Wildman–Crippen MR) is 93.3 cm³/mol. The van der Waals surface area contributed by atoms with E-state index in [4.69, 9.17) is 0 Å². The number of phenols is 1. The van der Waals surface area contributed by atoms with Crippen molar-refractivity contribution in [1.82, 2.24) is 10.6 Å². The lowest BCUT2D eigenvalue weighted by molar-refractivity contribution is -0.116. The highest BCUT2D eigenvalue weighted by Gasteiger charge is 2.11. The van der Waals surface area contributed by atoms with Gasteiger partial charge >= 0.3 is 0 Å². The predicted octanol–water partition coefficient (Wildman–Crippen LogP) is 2.69. The third-order valence-corrected chi connectivity index (χ3v) is 3.17. The molecule has 2 rings (SSSR count). The largest absolute Gasteiger partial charge is 0.508 e. The number of benzene rings is 2. The first kappa shape index (κ1) is 17.3. The molecule has 0 unspecified atom stereocenters. The van der Waals surface area contributed by atoms with Crippen LogP contribution < -0.4 is 10.6 Å². The minimum atomic E-state index is -0.313. The fourth-order valence-electron chi connectivity index (χ4n) is 2.07. The minimum absolute atomic E-state index is 0.0142. The number of amides is 2. The van der Waals surface area contributed by atoms with E-state index in [1.165, 1.54) is 18.2 Å². The van der Waals surface area contributed by atoms with E-state index in [-0.39, 0.29) is 23.6 Å². The highest BCUT2D eigenvalue weighted by atomic mass is 16.3. The number of hydrogen-bond acceptors (Lipinski definition) is 3.